The monoisotopic (exact) mass is 351 g/mol. The van der Waals surface area contributed by atoms with Crippen molar-refractivity contribution in [2.45, 2.75) is 18.2 Å². The highest BCUT2D eigenvalue weighted by Gasteiger charge is 2.11. The van der Waals surface area contributed by atoms with Crippen molar-refractivity contribution in [3.63, 3.8) is 0 Å². The lowest BCUT2D eigenvalue weighted by Crippen LogP contribution is -2.11. The lowest BCUT2D eigenvalue weighted by molar-refractivity contribution is -0.384. The maximum absolute atomic E-state index is 11.0. The molecule has 7 nitrogen and oxygen atoms in total. The average molecular weight is 351 g/mol. The normalized spacial score (nSPS) is 12.6. The maximum atomic E-state index is 11.0. The SMILES string of the molecule is CC(COc1ccc([N+](=O)[O-])cc1)Cc1ccc(S(=O)(=O)O)cc1. The fraction of sp³-hybridized carbons (Fsp3) is 0.250. The van der Waals surface area contributed by atoms with E-state index in [1.165, 1.54) is 24.3 Å². The van der Waals surface area contributed by atoms with Crippen LogP contribution in [-0.4, -0.2) is 24.5 Å². The van der Waals surface area contributed by atoms with Gasteiger partial charge >= 0.3 is 0 Å². The zero-order valence-electron chi connectivity index (χ0n) is 13.0. The van der Waals surface area contributed by atoms with Crippen LogP contribution < -0.4 is 4.74 Å². The predicted octanol–water partition coefficient (Wildman–Crippen LogP) is 3.10. The van der Waals surface area contributed by atoms with Gasteiger partial charge in [0.05, 0.1) is 16.4 Å². The van der Waals surface area contributed by atoms with Crippen molar-refractivity contribution in [2.75, 3.05) is 6.61 Å². The van der Waals surface area contributed by atoms with Gasteiger partial charge in [0.1, 0.15) is 5.75 Å². The summed E-state index contributed by atoms with van der Waals surface area (Å²) in [5.41, 5.74) is 0.927. The first-order valence-electron chi connectivity index (χ1n) is 7.19. The number of non-ortho nitro benzene ring substituents is 1. The number of rotatable bonds is 7. The molecule has 1 atom stereocenters. The van der Waals surface area contributed by atoms with Crippen LogP contribution in [-0.2, 0) is 16.5 Å². The lowest BCUT2D eigenvalue weighted by Gasteiger charge is -2.13. The van der Waals surface area contributed by atoms with Gasteiger partial charge in [-0.15, -0.1) is 0 Å². The summed E-state index contributed by atoms with van der Waals surface area (Å²) >= 11 is 0. The van der Waals surface area contributed by atoms with E-state index in [-0.39, 0.29) is 16.5 Å². The molecule has 0 amide bonds. The van der Waals surface area contributed by atoms with Gasteiger partial charge in [-0.3, -0.25) is 14.7 Å². The van der Waals surface area contributed by atoms with E-state index < -0.39 is 15.0 Å². The van der Waals surface area contributed by atoms with Crippen molar-refractivity contribution in [2.24, 2.45) is 5.92 Å². The van der Waals surface area contributed by atoms with Gasteiger partial charge in [0, 0.05) is 12.1 Å². The molecule has 2 rings (SSSR count). The average Bonchev–Trinajstić information content (AvgIpc) is 2.53. The van der Waals surface area contributed by atoms with Crippen LogP contribution in [0, 0.1) is 16.0 Å². The van der Waals surface area contributed by atoms with Crippen molar-refractivity contribution in [3.8, 4) is 5.75 Å². The Bertz CT molecular complexity index is 799. The van der Waals surface area contributed by atoms with E-state index in [2.05, 4.69) is 0 Å². The topological polar surface area (TPSA) is 107 Å². The highest BCUT2D eigenvalue weighted by Crippen LogP contribution is 2.19. The molecule has 0 spiro atoms. The fourth-order valence-electron chi connectivity index (χ4n) is 2.16. The van der Waals surface area contributed by atoms with Crippen molar-refractivity contribution >= 4 is 15.8 Å². The van der Waals surface area contributed by atoms with E-state index in [1.807, 2.05) is 6.92 Å². The molecule has 1 N–H and O–H groups in total. The third-order valence-electron chi connectivity index (χ3n) is 3.39. The lowest BCUT2D eigenvalue weighted by atomic mass is 10.0. The number of nitro groups is 1. The molecule has 24 heavy (non-hydrogen) atoms. The van der Waals surface area contributed by atoms with Crippen LogP contribution in [0.1, 0.15) is 12.5 Å². The van der Waals surface area contributed by atoms with Gasteiger partial charge in [-0.1, -0.05) is 19.1 Å². The standard InChI is InChI=1S/C16H17NO6S/c1-12(10-13-2-8-16(9-3-13)24(20,21)22)11-23-15-6-4-14(5-7-15)17(18)19/h2-9,12H,10-11H2,1H3,(H,20,21,22). The van der Waals surface area contributed by atoms with Crippen LogP contribution in [0.3, 0.4) is 0 Å². The molecule has 2 aromatic rings. The summed E-state index contributed by atoms with van der Waals surface area (Å²) in [6.07, 6.45) is 0.665. The zero-order valence-corrected chi connectivity index (χ0v) is 13.8. The largest absolute Gasteiger partial charge is 0.493 e. The molecule has 0 aliphatic rings. The molecule has 0 saturated heterocycles. The summed E-state index contributed by atoms with van der Waals surface area (Å²) in [6.45, 7) is 2.39. The van der Waals surface area contributed by atoms with Crippen molar-refractivity contribution in [3.05, 3.63) is 64.2 Å². The van der Waals surface area contributed by atoms with E-state index in [1.54, 1.807) is 24.3 Å². The second-order valence-corrected chi connectivity index (χ2v) is 6.91. The number of hydrogen-bond acceptors (Lipinski definition) is 5. The Morgan fingerprint density at radius 1 is 1.12 bits per heavy atom. The third kappa shape index (κ3) is 5.04. The van der Waals surface area contributed by atoms with E-state index in [9.17, 15) is 18.5 Å². The van der Waals surface area contributed by atoms with Crippen molar-refractivity contribution in [1.82, 2.24) is 0 Å². The zero-order chi connectivity index (χ0) is 17.7. The third-order valence-corrected chi connectivity index (χ3v) is 4.26. The van der Waals surface area contributed by atoms with Gasteiger partial charge in [-0.2, -0.15) is 8.42 Å². The molecule has 0 aliphatic heterocycles. The van der Waals surface area contributed by atoms with Crippen LogP contribution in [0.15, 0.2) is 53.4 Å². The van der Waals surface area contributed by atoms with Gasteiger partial charge in [-0.05, 0) is 42.2 Å². The number of nitro benzene ring substituents is 1. The van der Waals surface area contributed by atoms with E-state index >= 15 is 0 Å². The van der Waals surface area contributed by atoms with Crippen molar-refractivity contribution in [1.29, 1.82) is 0 Å². The summed E-state index contributed by atoms with van der Waals surface area (Å²) < 4.78 is 36.5. The first kappa shape index (κ1) is 17.9. The Kier molecular flexibility index (Phi) is 5.53. The Balaban J connectivity index is 1.89. The molecule has 8 heteroatoms. The molecule has 0 saturated carbocycles. The van der Waals surface area contributed by atoms with Crippen LogP contribution in [0.5, 0.6) is 5.75 Å². The molecule has 0 aliphatic carbocycles. The number of nitrogens with zero attached hydrogens (tertiary/aromatic N) is 1. The van der Waals surface area contributed by atoms with E-state index in [0.29, 0.717) is 18.8 Å². The summed E-state index contributed by atoms with van der Waals surface area (Å²) in [7, 11) is -4.18. The van der Waals surface area contributed by atoms with Crippen LogP contribution in [0.25, 0.3) is 0 Å². The van der Waals surface area contributed by atoms with Crippen molar-refractivity contribution < 1.29 is 22.6 Å². The minimum Gasteiger partial charge on any atom is -0.493 e. The van der Waals surface area contributed by atoms with Crippen LogP contribution in [0.2, 0.25) is 0 Å². The number of hydrogen-bond donors (Lipinski definition) is 1. The van der Waals surface area contributed by atoms with Gasteiger partial charge < -0.3 is 4.74 Å². The number of benzene rings is 2. The summed E-state index contributed by atoms with van der Waals surface area (Å²) in [4.78, 5) is 9.97. The molecule has 2 aromatic carbocycles. The fourth-order valence-corrected chi connectivity index (χ4v) is 2.64. The van der Waals surface area contributed by atoms with Crippen LogP contribution >= 0.6 is 0 Å². The van der Waals surface area contributed by atoms with E-state index in [4.69, 9.17) is 9.29 Å². The highest BCUT2D eigenvalue weighted by molar-refractivity contribution is 7.85. The molecule has 1 unspecified atom stereocenters. The Labute approximate surface area is 139 Å². The molecule has 0 heterocycles. The molecule has 0 bridgehead atoms. The Morgan fingerprint density at radius 3 is 2.21 bits per heavy atom. The predicted molar refractivity (Wildman–Crippen MR) is 87.7 cm³/mol. The maximum Gasteiger partial charge on any atom is 0.294 e. The minimum atomic E-state index is -4.18. The Hall–Kier alpha value is -2.45. The summed E-state index contributed by atoms with van der Waals surface area (Å²) in [5.74, 6) is 0.700. The van der Waals surface area contributed by atoms with Gasteiger partial charge in [-0.25, -0.2) is 0 Å². The first-order valence-corrected chi connectivity index (χ1v) is 8.63. The highest BCUT2D eigenvalue weighted by atomic mass is 32.2. The van der Waals surface area contributed by atoms with Gasteiger partial charge in [0.15, 0.2) is 0 Å². The quantitative estimate of drug-likeness (QED) is 0.467. The molecule has 0 aromatic heterocycles. The molecular formula is C16H17NO6S. The molecule has 128 valence electrons. The Morgan fingerprint density at radius 2 is 1.71 bits per heavy atom. The van der Waals surface area contributed by atoms with Crippen LogP contribution in [0.4, 0.5) is 5.69 Å². The first-order chi connectivity index (χ1) is 11.3. The number of ether oxygens (including phenoxy) is 1. The smallest absolute Gasteiger partial charge is 0.294 e. The molecule has 0 radical (unpaired) electrons. The second-order valence-electron chi connectivity index (χ2n) is 5.49. The second kappa shape index (κ2) is 7.41. The van der Waals surface area contributed by atoms with E-state index in [0.717, 1.165) is 5.56 Å². The van der Waals surface area contributed by atoms with Gasteiger partial charge in [0.2, 0.25) is 0 Å². The summed E-state index contributed by atoms with van der Waals surface area (Å²) in [5, 5.41) is 10.6. The molecular weight excluding hydrogens is 334 g/mol. The molecule has 0 fully saturated rings. The minimum absolute atomic E-state index is 0.00863. The summed E-state index contributed by atoms with van der Waals surface area (Å²) in [6, 6.07) is 11.9. The van der Waals surface area contributed by atoms with Gasteiger partial charge in [0.25, 0.3) is 15.8 Å².